The maximum Gasteiger partial charge on any atom is 0.212 e. The van der Waals surface area contributed by atoms with Crippen molar-refractivity contribution < 1.29 is 4.74 Å². The summed E-state index contributed by atoms with van der Waals surface area (Å²) >= 11 is 1.51. The number of allylic oxidation sites excluding steroid dienone is 1. The second-order valence-corrected chi connectivity index (χ2v) is 7.69. The van der Waals surface area contributed by atoms with Gasteiger partial charge in [-0.3, -0.25) is 0 Å². The molecule has 5 nitrogen and oxygen atoms in total. The second-order valence-electron chi connectivity index (χ2n) is 6.91. The fourth-order valence-corrected chi connectivity index (χ4v) is 5.24. The molecule has 2 aliphatic heterocycles. The van der Waals surface area contributed by atoms with E-state index in [1.165, 1.54) is 11.3 Å². The summed E-state index contributed by atoms with van der Waals surface area (Å²) < 4.78 is 6.23. The van der Waals surface area contributed by atoms with Gasteiger partial charge < -0.3 is 4.74 Å². The lowest BCUT2D eigenvalue weighted by atomic mass is 9.47. The number of hydrogen-bond acceptors (Lipinski definition) is 6. The Bertz CT molecular complexity index is 1080. The SMILES string of the molecule is N#CC1(C#N)[C@@H]2CCO[C@@](c3ccccc3)(C=C2c2ccsc2)C1(C#N)C#N. The van der Waals surface area contributed by atoms with Gasteiger partial charge in [-0.1, -0.05) is 30.3 Å². The van der Waals surface area contributed by atoms with Gasteiger partial charge in [-0.25, -0.2) is 0 Å². The summed E-state index contributed by atoms with van der Waals surface area (Å²) in [6.07, 6.45) is 2.18. The molecular formula is C22H14N4OS. The molecule has 2 aromatic rings. The van der Waals surface area contributed by atoms with E-state index in [0.717, 1.165) is 11.1 Å². The zero-order valence-electron chi connectivity index (χ0n) is 14.8. The van der Waals surface area contributed by atoms with Crippen LogP contribution < -0.4 is 0 Å². The van der Waals surface area contributed by atoms with E-state index in [1.54, 1.807) is 30.3 Å². The fraction of sp³-hybridized carbons (Fsp3) is 0.273. The molecule has 0 radical (unpaired) electrons. The summed E-state index contributed by atoms with van der Waals surface area (Å²) in [6, 6.07) is 19.2. The fourth-order valence-electron chi connectivity index (χ4n) is 4.57. The maximum absolute atomic E-state index is 10.2. The number of ether oxygens (including phenoxy) is 1. The summed E-state index contributed by atoms with van der Waals surface area (Å²) in [5.74, 6) is -0.601. The smallest absolute Gasteiger partial charge is 0.212 e. The predicted molar refractivity (Wildman–Crippen MR) is 102 cm³/mol. The molecular weight excluding hydrogens is 368 g/mol. The second kappa shape index (κ2) is 6.33. The Hall–Kier alpha value is -3.42. The predicted octanol–water partition coefficient (Wildman–Crippen LogP) is 4.14. The Balaban J connectivity index is 2.19. The third-order valence-electron chi connectivity index (χ3n) is 5.89. The molecule has 1 aromatic carbocycles. The Kier molecular flexibility index (Phi) is 4.06. The summed E-state index contributed by atoms with van der Waals surface area (Å²) in [7, 11) is 0. The molecule has 0 unspecified atom stereocenters. The molecule has 1 aliphatic carbocycles. The first-order valence-electron chi connectivity index (χ1n) is 8.74. The molecule has 134 valence electrons. The number of hydrogen-bond donors (Lipinski definition) is 0. The molecule has 1 aromatic heterocycles. The van der Waals surface area contributed by atoms with Crippen molar-refractivity contribution in [2.24, 2.45) is 16.7 Å². The molecule has 0 N–H and O–H groups in total. The highest BCUT2D eigenvalue weighted by atomic mass is 32.1. The molecule has 0 saturated carbocycles. The number of thiophene rings is 1. The van der Waals surface area contributed by atoms with Crippen LogP contribution in [-0.4, -0.2) is 6.61 Å². The molecule has 0 amide bonds. The van der Waals surface area contributed by atoms with Crippen molar-refractivity contribution in [1.29, 1.82) is 21.0 Å². The van der Waals surface area contributed by atoms with Crippen LogP contribution in [0.1, 0.15) is 17.5 Å². The van der Waals surface area contributed by atoms with Gasteiger partial charge in [0.15, 0.2) is 5.41 Å². The van der Waals surface area contributed by atoms with Gasteiger partial charge >= 0.3 is 0 Å². The molecule has 1 fully saturated rings. The first-order valence-corrected chi connectivity index (χ1v) is 9.69. The highest BCUT2D eigenvalue weighted by Gasteiger charge is 2.74. The molecule has 3 heterocycles. The average Bonchev–Trinajstić information content (AvgIpc) is 3.17. The lowest BCUT2D eigenvalue weighted by Crippen LogP contribution is -2.58. The number of nitriles is 4. The highest BCUT2D eigenvalue weighted by molar-refractivity contribution is 7.08. The van der Waals surface area contributed by atoms with Crippen molar-refractivity contribution in [3.8, 4) is 24.3 Å². The number of benzene rings is 1. The van der Waals surface area contributed by atoms with Crippen LogP contribution in [0.25, 0.3) is 5.57 Å². The van der Waals surface area contributed by atoms with E-state index < -0.39 is 22.3 Å². The minimum absolute atomic E-state index is 0.236. The summed E-state index contributed by atoms with van der Waals surface area (Å²) in [5.41, 5.74) is -3.14. The van der Waals surface area contributed by atoms with Crippen LogP contribution in [0.3, 0.4) is 0 Å². The molecule has 6 heteroatoms. The van der Waals surface area contributed by atoms with Crippen molar-refractivity contribution in [3.05, 3.63) is 64.4 Å². The van der Waals surface area contributed by atoms with Crippen LogP contribution in [0, 0.1) is 62.1 Å². The van der Waals surface area contributed by atoms with Crippen LogP contribution >= 0.6 is 11.3 Å². The van der Waals surface area contributed by atoms with Gasteiger partial charge in [-0.15, -0.1) is 0 Å². The molecule has 0 spiro atoms. The Labute approximate surface area is 166 Å². The Morgan fingerprint density at radius 1 is 0.964 bits per heavy atom. The molecule has 3 aliphatic rings. The summed E-state index contributed by atoms with van der Waals surface area (Å²) in [4.78, 5) is 0. The number of fused-ring (bicyclic) bond motifs is 3. The summed E-state index contributed by atoms with van der Waals surface area (Å²) in [6.45, 7) is 0.236. The van der Waals surface area contributed by atoms with E-state index in [1.807, 2.05) is 22.9 Å². The van der Waals surface area contributed by atoms with E-state index >= 15 is 0 Å². The molecule has 2 bridgehead atoms. The number of nitrogens with zero attached hydrogens (tertiary/aromatic N) is 4. The zero-order chi connectivity index (χ0) is 19.8. The first-order chi connectivity index (χ1) is 13.6. The van der Waals surface area contributed by atoms with Gasteiger partial charge in [0.2, 0.25) is 5.41 Å². The van der Waals surface area contributed by atoms with Crippen molar-refractivity contribution in [2.75, 3.05) is 6.61 Å². The van der Waals surface area contributed by atoms with Gasteiger partial charge in [-0.05, 0) is 46.0 Å². The molecule has 5 rings (SSSR count). The zero-order valence-corrected chi connectivity index (χ0v) is 15.6. The van der Waals surface area contributed by atoms with Crippen LogP contribution in [0.15, 0.2) is 53.2 Å². The van der Waals surface area contributed by atoms with Gasteiger partial charge in [0, 0.05) is 12.5 Å². The normalized spacial score (nSPS) is 26.6. The highest BCUT2D eigenvalue weighted by Crippen LogP contribution is 2.66. The first kappa shape index (κ1) is 18.0. The maximum atomic E-state index is 10.2. The largest absolute Gasteiger partial charge is 0.363 e. The number of rotatable bonds is 2. The molecule has 2 atom stereocenters. The topological polar surface area (TPSA) is 104 Å². The van der Waals surface area contributed by atoms with Gasteiger partial charge in [-0.2, -0.15) is 32.4 Å². The molecule has 1 saturated heterocycles. The van der Waals surface area contributed by atoms with E-state index in [-0.39, 0.29) is 6.61 Å². The minimum Gasteiger partial charge on any atom is -0.363 e. The quantitative estimate of drug-likeness (QED) is 0.776. The Morgan fingerprint density at radius 2 is 1.68 bits per heavy atom. The van der Waals surface area contributed by atoms with Crippen molar-refractivity contribution >= 4 is 16.9 Å². The standard InChI is InChI=1S/C22H14N4OS/c23-12-20(13-24)19-6-8-27-22(21(20,14-25)15-26,17-4-2-1-3-5-17)10-18(19)16-7-9-28-11-16/h1-5,7,9-11,19H,6,8H2/t19-,22-/m1/s1. The van der Waals surface area contributed by atoms with E-state index in [0.29, 0.717) is 12.0 Å². The molecule has 28 heavy (non-hydrogen) atoms. The van der Waals surface area contributed by atoms with Crippen LogP contribution in [0.2, 0.25) is 0 Å². The van der Waals surface area contributed by atoms with Crippen molar-refractivity contribution in [1.82, 2.24) is 0 Å². The van der Waals surface area contributed by atoms with Crippen molar-refractivity contribution in [3.63, 3.8) is 0 Å². The van der Waals surface area contributed by atoms with E-state index in [2.05, 4.69) is 24.3 Å². The van der Waals surface area contributed by atoms with Gasteiger partial charge in [0.1, 0.15) is 5.60 Å². The van der Waals surface area contributed by atoms with Crippen LogP contribution in [0.4, 0.5) is 0 Å². The van der Waals surface area contributed by atoms with Crippen LogP contribution in [-0.2, 0) is 10.3 Å². The third kappa shape index (κ3) is 1.94. The third-order valence-corrected chi connectivity index (χ3v) is 6.57. The van der Waals surface area contributed by atoms with Crippen LogP contribution in [0.5, 0.6) is 0 Å². The van der Waals surface area contributed by atoms with E-state index in [4.69, 9.17) is 4.74 Å². The summed E-state index contributed by atoms with van der Waals surface area (Å²) in [5, 5.41) is 44.8. The van der Waals surface area contributed by atoms with Crippen molar-refractivity contribution in [2.45, 2.75) is 12.0 Å². The van der Waals surface area contributed by atoms with Gasteiger partial charge in [0.25, 0.3) is 0 Å². The lowest BCUT2D eigenvalue weighted by molar-refractivity contribution is -0.0726. The average molecular weight is 382 g/mol. The lowest BCUT2D eigenvalue weighted by Gasteiger charge is -2.49. The van der Waals surface area contributed by atoms with E-state index in [9.17, 15) is 21.0 Å². The Morgan fingerprint density at radius 3 is 2.25 bits per heavy atom. The minimum atomic E-state index is -2.01. The van der Waals surface area contributed by atoms with Gasteiger partial charge in [0.05, 0.1) is 24.3 Å². The monoisotopic (exact) mass is 382 g/mol.